The smallest absolute Gasteiger partial charge is 0.310 e. The predicted molar refractivity (Wildman–Crippen MR) is 111 cm³/mol. The van der Waals surface area contributed by atoms with E-state index in [1.807, 2.05) is 18.0 Å². The van der Waals surface area contributed by atoms with Gasteiger partial charge in [0.1, 0.15) is 11.6 Å². The van der Waals surface area contributed by atoms with Gasteiger partial charge < -0.3 is 9.08 Å². The van der Waals surface area contributed by atoms with Crippen LogP contribution in [0.1, 0.15) is 12.1 Å². The van der Waals surface area contributed by atoms with Gasteiger partial charge in [-0.3, -0.25) is 5.10 Å². The van der Waals surface area contributed by atoms with Crippen molar-refractivity contribution in [2.45, 2.75) is 12.8 Å². The summed E-state index contributed by atoms with van der Waals surface area (Å²) < 4.78 is 42.2. The minimum Gasteiger partial charge on any atom is -0.382 e. The Bertz CT molecular complexity index is 1010. The third kappa shape index (κ3) is 6.69. The molecule has 154 valence electrons. The number of hydrogen-bond donors (Lipinski definition) is 1. The summed E-state index contributed by atoms with van der Waals surface area (Å²) >= 11 is 0. The van der Waals surface area contributed by atoms with Crippen LogP contribution in [0.3, 0.4) is 0 Å². The molecular weight excluding hydrogens is 393 g/mol. The Morgan fingerprint density at radius 3 is 2.52 bits per heavy atom. The van der Waals surface area contributed by atoms with Crippen molar-refractivity contribution in [1.82, 2.24) is 15.1 Å². The van der Waals surface area contributed by atoms with E-state index < -0.39 is 10.1 Å². The van der Waals surface area contributed by atoms with Crippen molar-refractivity contribution in [3.8, 4) is 17.0 Å². The molecule has 3 rings (SSSR count). The molecule has 0 spiro atoms. The van der Waals surface area contributed by atoms with E-state index in [0.717, 1.165) is 36.3 Å². The van der Waals surface area contributed by atoms with Gasteiger partial charge in [-0.25, -0.2) is 4.39 Å². The molecule has 0 saturated carbocycles. The number of rotatable bonds is 10. The highest BCUT2D eigenvalue weighted by Crippen LogP contribution is 2.18. The van der Waals surface area contributed by atoms with Gasteiger partial charge in [-0.1, -0.05) is 18.2 Å². The van der Waals surface area contributed by atoms with Gasteiger partial charge in [0.2, 0.25) is 0 Å². The molecule has 6 nitrogen and oxygen atoms in total. The van der Waals surface area contributed by atoms with Crippen LogP contribution in [0.5, 0.6) is 5.75 Å². The number of benzene rings is 2. The number of halogens is 1. The Labute approximate surface area is 170 Å². The Hall–Kier alpha value is -2.71. The quantitative estimate of drug-likeness (QED) is 0.511. The van der Waals surface area contributed by atoms with Crippen LogP contribution in [0.2, 0.25) is 0 Å². The maximum atomic E-state index is 13.0. The highest BCUT2D eigenvalue weighted by molar-refractivity contribution is 7.87. The molecule has 0 saturated heterocycles. The van der Waals surface area contributed by atoms with Gasteiger partial charge in [0.15, 0.2) is 0 Å². The molecule has 2 aromatic carbocycles. The molecule has 0 atom stereocenters. The van der Waals surface area contributed by atoms with Crippen LogP contribution in [0.25, 0.3) is 11.3 Å². The maximum Gasteiger partial charge on any atom is 0.310 e. The lowest BCUT2D eigenvalue weighted by molar-refractivity contribution is 0.343. The van der Waals surface area contributed by atoms with E-state index in [0.29, 0.717) is 12.3 Å². The fourth-order valence-electron chi connectivity index (χ4n) is 2.84. The molecule has 0 aliphatic heterocycles. The lowest BCUT2D eigenvalue weighted by atomic mass is 10.1. The van der Waals surface area contributed by atoms with E-state index in [-0.39, 0.29) is 11.6 Å². The molecular formula is C21H24FN3O3S. The molecule has 0 amide bonds. The third-order valence-electron chi connectivity index (χ3n) is 4.45. The molecule has 0 unspecified atom stereocenters. The summed E-state index contributed by atoms with van der Waals surface area (Å²) in [6.07, 6.45) is 1.63. The van der Waals surface area contributed by atoms with Crippen molar-refractivity contribution in [1.29, 1.82) is 0 Å². The first-order chi connectivity index (χ1) is 13.9. The van der Waals surface area contributed by atoms with Gasteiger partial charge in [-0.15, -0.1) is 0 Å². The molecule has 29 heavy (non-hydrogen) atoms. The van der Waals surface area contributed by atoms with E-state index >= 15 is 0 Å². The number of aromatic amines is 1. The summed E-state index contributed by atoms with van der Waals surface area (Å²) in [5, 5.41) is 7.26. The molecule has 0 bridgehead atoms. The molecule has 8 heteroatoms. The van der Waals surface area contributed by atoms with Crippen molar-refractivity contribution in [3.05, 3.63) is 72.2 Å². The normalized spacial score (nSPS) is 11.7. The van der Waals surface area contributed by atoms with Gasteiger partial charge in [-0.05, 0) is 68.9 Å². The number of H-pyrrole nitrogens is 1. The number of para-hydroxylation sites is 1. The van der Waals surface area contributed by atoms with Crippen molar-refractivity contribution >= 4 is 10.1 Å². The zero-order valence-corrected chi connectivity index (χ0v) is 17.0. The van der Waals surface area contributed by atoms with Crippen LogP contribution in [0.4, 0.5) is 4.39 Å². The predicted octanol–water partition coefficient (Wildman–Crippen LogP) is 3.49. The first-order valence-electron chi connectivity index (χ1n) is 9.37. The van der Waals surface area contributed by atoms with Crippen molar-refractivity contribution < 1.29 is 17.0 Å². The van der Waals surface area contributed by atoms with Gasteiger partial charge in [0.25, 0.3) is 0 Å². The van der Waals surface area contributed by atoms with E-state index in [9.17, 15) is 12.8 Å². The molecule has 0 aliphatic rings. The Morgan fingerprint density at radius 1 is 1.07 bits per heavy atom. The molecule has 0 aliphatic carbocycles. The Balaban J connectivity index is 1.41. The number of nitrogens with one attached hydrogen (secondary N) is 1. The summed E-state index contributed by atoms with van der Waals surface area (Å²) in [6, 6.07) is 16.7. The van der Waals surface area contributed by atoms with E-state index in [1.165, 1.54) is 12.1 Å². The largest absolute Gasteiger partial charge is 0.382 e. The SMILES string of the molecule is CN(CCCc1cc(-c2ccc(F)cc2)n[nH]1)CCS(=O)(=O)Oc1ccccc1. The second kappa shape index (κ2) is 9.67. The zero-order valence-electron chi connectivity index (χ0n) is 16.2. The Morgan fingerprint density at radius 2 is 1.79 bits per heavy atom. The summed E-state index contributed by atoms with van der Waals surface area (Å²) in [5.41, 5.74) is 2.62. The van der Waals surface area contributed by atoms with Crippen molar-refractivity contribution in [2.24, 2.45) is 0 Å². The maximum absolute atomic E-state index is 13.0. The van der Waals surface area contributed by atoms with Gasteiger partial charge in [0, 0.05) is 17.8 Å². The highest BCUT2D eigenvalue weighted by atomic mass is 32.2. The minimum absolute atomic E-state index is 0.0723. The molecule has 1 heterocycles. The van der Waals surface area contributed by atoms with Crippen LogP contribution in [-0.4, -0.2) is 49.4 Å². The van der Waals surface area contributed by atoms with Gasteiger partial charge >= 0.3 is 10.1 Å². The monoisotopic (exact) mass is 417 g/mol. The standard InChI is InChI=1S/C21H24FN3O3S/c1-25(14-15-29(26,27)28-20-7-3-2-4-8-20)13-5-6-19-16-21(24-23-19)17-9-11-18(22)12-10-17/h2-4,7-12,16H,5-6,13-15H2,1H3,(H,23,24). The van der Waals surface area contributed by atoms with Crippen LogP contribution in [-0.2, 0) is 16.5 Å². The second-order valence-electron chi connectivity index (χ2n) is 6.85. The first-order valence-corrected chi connectivity index (χ1v) is 10.9. The van der Waals surface area contributed by atoms with Crippen molar-refractivity contribution in [2.75, 3.05) is 25.9 Å². The van der Waals surface area contributed by atoms with E-state index in [4.69, 9.17) is 4.18 Å². The van der Waals surface area contributed by atoms with Crippen LogP contribution >= 0.6 is 0 Å². The van der Waals surface area contributed by atoms with Crippen LogP contribution in [0, 0.1) is 5.82 Å². The number of nitrogens with zero attached hydrogens (tertiary/aromatic N) is 2. The van der Waals surface area contributed by atoms with Gasteiger partial charge in [-0.2, -0.15) is 13.5 Å². The zero-order chi connectivity index (χ0) is 20.7. The topological polar surface area (TPSA) is 75.3 Å². The molecule has 1 N–H and O–H groups in total. The van der Waals surface area contributed by atoms with E-state index in [2.05, 4.69) is 10.2 Å². The van der Waals surface area contributed by atoms with Crippen molar-refractivity contribution in [3.63, 3.8) is 0 Å². The lowest BCUT2D eigenvalue weighted by Crippen LogP contribution is -2.28. The average Bonchev–Trinajstić information content (AvgIpc) is 3.16. The number of aryl methyl sites for hydroxylation is 1. The van der Waals surface area contributed by atoms with E-state index in [1.54, 1.807) is 42.5 Å². The molecule has 0 radical (unpaired) electrons. The summed E-state index contributed by atoms with van der Waals surface area (Å²) in [4.78, 5) is 1.96. The summed E-state index contributed by atoms with van der Waals surface area (Å²) in [7, 11) is -1.74. The fourth-order valence-corrected chi connectivity index (χ4v) is 3.86. The fraction of sp³-hybridized carbons (Fsp3) is 0.286. The molecule has 0 fully saturated rings. The first kappa shape index (κ1) is 21.0. The summed E-state index contributed by atoms with van der Waals surface area (Å²) in [5.74, 6) is -0.0212. The van der Waals surface area contributed by atoms with Crippen LogP contribution < -0.4 is 4.18 Å². The number of aromatic nitrogens is 2. The second-order valence-corrected chi connectivity index (χ2v) is 8.54. The highest BCUT2D eigenvalue weighted by Gasteiger charge is 2.14. The molecule has 1 aromatic heterocycles. The Kier molecular flexibility index (Phi) is 7.00. The third-order valence-corrected chi connectivity index (χ3v) is 5.58. The average molecular weight is 418 g/mol. The minimum atomic E-state index is -3.62. The van der Waals surface area contributed by atoms with Gasteiger partial charge in [0.05, 0.1) is 11.4 Å². The molecule has 3 aromatic rings. The lowest BCUT2D eigenvalue weighted by Gasteiger charge is -2.16. The summed E-state index contributed by atoms with van der Waals surface area (Å²) in [6.45, 7) is 1.13. The van der Waals surface area contributed by atoms with Crippen LogP contribution in [0.15, 0.2) is 60.7 Å². The number of hydrogen-bond acceptors (Lipinski definition) is 5.